The number of pyridine rings is 1. The lowest BCUT2D eigenvalue weighted by Gasteiger charge is -2.31. The van der Waals surface area contributed by atoms with Gasteiger partial charge in [0.05, 0.1) is 0 Å². The van der Waals surface area contributed by atoms with Crippen molar-refractivity contribution < 1.29 is 27.9 Å². The van der Waals surface area contributed by atoms with Crippen LogP contribution in [-0.2, 0) is 4.79 Å². The Labute approximate surface area is 159 Å². The third-order valence-electron chi connectivity index (χ3n) is 4.31. The summed E-state index contributed by atoms with van der Waals surface area (Å²) >= 11 is 0. The van der Waals surface area contributed by atoms with Crippen LogP contribution in [0.2, 0.25) is 0 Å². The molecule has 1 aliphatic heterocycles. The van der Waals surface area contributed by atoms with E-state index in [9.17, 15) is 18.0 Å². The largest absolute Gasteiger partial charge is 0.490 e. The number of benzene rings is 1. The number of carbonyl (C=O) groups excluding carboxylic acids is 1. The molecule has 1 saturated heterocycles. The van der Waals surface area contributed by atoms with Gasteiger partial charge in [-0.1, -0.05) is 6.07 Å². The van der Waals surface area contributed by atoms with E-state index in [1.54, 1.807) is 6.20 Å². The van der Waals surface area contributed by atoms with Crippen LogP contribution in [0.1, 0.15) is 12.8 Å². The van der Waals surface area contributed by atoms with E-state index in [4.69, 9.17) is 9.90 Å². The predicted octanol–water partition coefficient (Wildman–Crippen LogP) is 3.08. The Balaban J connectivity index is 0.000000345. The Morgan fingerprint density at radius 1 is 1.21 bits per heavy atom. The maximum absolute atomic E-state index is 12.3. The number of hydrogen-bond acceptors (Lipinski definition) is 4. The Hall–Kier alpha value is -2.88. The molecule has 0 saturated carbocycles. The zero-order valence-electron chi connectivity index (χ0n) is 15.2. The van der Waals surface area contributed by atoms with Gasteiger partial charge in [0.1, 0.15) is 0 Å². The van der Waals surface area contributed by atoms with E-state index < -0.39 is 12.1 Å². The van der Waals surface area contributed by atoms with Crippen LogP contribution >= 0.6 is 0 Å². The molecule has 3 rings (SSSR count). The topological polar surface area (TPSA) is 94.6 Å². The molecule has 1 aliphatic rings. The monoisotopic (exact) mass is 398 g/mol. The van der Waals surface area contributed by atoms with Crippen LogP contribution in [0.5, 0.6) is 0 Å². The van der Waals surface area contributed by atoms with E-state index in [2.05, 4.69) is 15.6 Å². The van der Waals surface area contributed by atoms with Gasteiger partial charge in [-0.15, -0.1) is 0 Å². The third-order valence-corrected chi connectivity index (χ3v) is 4.31. The predicted molar refractivity (Wildman–Crippen MR) is 98.1 cm³/mol. The molecule has 1 aromatic heterocycles. The van der Waals surface area contributed by atoms with Crippen molar-refractivity contribution in [3.8, 4) is 0 Å². The lowest BCUT2D eigenvalue weighted by Crippen LogP contribution is -2.45. The zero-order valence-corrected chi connectivity index (χ0v) is 15.2. The van der Waals surface area contributed by atoms with Crippen molar-refractivity contribution in [3.63, 3.8) is 0 Å². The average Bonchev–Trinajstić information content (AvgIpc) is 2.67. The van der Waals surface area contributed by atoms with Crippen LogP contribution in [0.25, 0.3) is 10.8 Å². The van der Waals surface area contributed by atoms with Crippen molar-refractivity contribution in [2.24, 2.45) is 0 Å². The number of nitrogens with zero attached hydrogens (tertiary/aromatic N) is 2. The number of amides is 2. The highest BCUT2D eigenvalue weighted by atomic mass is 19.4. The number of hydrogen-bond donors (Lipinski definition) is 3. The van der Waals surface area contributed by atoms with Crippen molar-refractivity contribution in [1.82, 2.24) is 15.2 Å². The van der Waals surface area contributed by atoms with Crippen molar-refractivity contribution in [2.45, 2.75) is 25.1 Å². The van der Waals surface area contributed by atoms with Crippen molar-refractivity contribution in [3.05, 3.63) is 36.7 Å². The molecule has 3 N–H and O–H groups in total. The van der Waals surface area contributed by atoms with E-state index >= 15 is 0 Å². The molecule has 2 aromatic rings. The van der Waals surface area contributed by atoms with Crippen molar-refractivity contribution >= 4 is 28.5 Å². The minimum atomic E-state index is -5.08. The first-order chi connectivity index (χ1) is 13.2. The summed E-state index contributed by atoms with van der Waals surface area (Å²) < 4.78 is 31.7. The fourth-order valence-corrected chi connectivity index (χ4v) is 2.73. The number of piperidine rings is 1. The second-order valence-electron chi connectivity index (χ2n) is 6.26. The molecule has 2 heterocycles. The summed E-state index contributed by atoms with van der Waals surface area (Å²) in [6, 6.07) is 8.08. The number of carboxylic acids is 1. The molecule has 0 aliphatic carbocycles. The fraction of sp³-hybridized carbons (Fsp3) is 0.389. The number of fused-ring (bicyclic) bond motifs is 1. The number of aliphatic carboxylic acids is 1. The van der Waals surface area contributed by atoms with Gasteiger partial charge in [-0.3, -0.25) is 4.98 Å². The molecule has 7 nitrogen and oxygen atoms in total. The van der Waals surface area contributed by atoms with Gasteiger partial charge in [-0.2, -0.15) is 13.2 Å². The maximum Gasteiger partial charge on any atom is 0.490 e. The van der Waals surface area contributed by atoms with Crippen LogP contribution in [0.15, 0.2) is 36.7 Å². The number of alkyl halides is 3. The van der Waals surface area contributed by atoms with Crippen LogP contribution in [0.4, 0.5) is 23.7 Å². The number of urea groups is 1. The Bertz CT molecular complexity index is 823. The SMILES string of the molecule is CN(C(=O)Nc1ccc2cnccc2c1)C1CCNCC1.O=C(O)C(F)(F)F. The number of aromatic nitrogens is 1. The molecule has 0 atom stereocenters. The van der Waals surface area contributed by atoms with E-state index in [1.807, 2.05) is 42.4 Å². The molecule has 2 amide bonds. The fourth-order valence-electron chi connectivity index (χ4n) is 2.73. The van der Waals surface area contributed by atoms with E-state index in [0.29, 0.717) is 6.04 Å². The first-order valence-electron chi connectivity index (χ1n) is 8.57. The summed E-state index contributed by atoms with van der Waals surface area (Å²) in [5.41, 5.74) is 0.819. The highest BCUT2D eigenvalue weighted by Gasteiger charge is 2.38. The molecule has 0 unspecified atom stereocenters. The van der Waals surface area contributed by atoms with Crippen molar-refractivity contribution in [1.29, 1.82) is 0 Å². The van der Waals surface area contributed by atoms with Crippen molar-refractivity contribution in [2.75, 3.05) is 25.5 Å². The number of carbonyl (C=O) groups is 2. The zero-order chi connectivity index (χ0) is 20.7. The number of halogens is 3. The molecular formula is C18H21F3N4O3. The number of anilines is 1. The van der Waals surface area contributed by atoms with Crippen LogP contribution in [0.3, 0.4) is 0 Å². The second kappa shape index (κ2) is 9.36. The van der Waals surface area contributed by atoms with Gasteiger partial charge in [0.15, 0.2) is 0 Å². The molecule has 28 heavy (non-hydrogen) atoms. The molecule has 1 aromatic carbocycles. The van der Waals surface area contributed by atoms with Gasteiger partial charge in [-0.25, -0.2) is 9.59 Å². The summed E-state index contributed by atoms with van der Waals surface area (Å²) in [4.78, 5) is 27.1. The Kier molecular flexibility index (Phi) is 7.16. The molecule has 0 bridgehead atoms. The number of rotatable bonds is 2. The highest BCUT2D eigenvalue weighted by Crippen LogP contribution is 2.19. The highest BCUT2D eigenvalue weighted by molar-refractivity contribution is 5.93. The van der Waals surface area contributed by atoms with E-state index in [-0.39, 0.29) is 6.03 Å². The van der Waals surface area contributed by atoms with Gasteiger partial charge >= 0.3 is 18.2 Å². The van der Waals surface area contributed by atoms with E-state index in [1.165, 1.54) is 0 Å². The maximum atomic E-state index is 12.3. The molecular weight excluding hydrogens is 377 g/mol. The molecule has 152 valence electrons. The van der Waals surface area contributed by atoms with Gasteiger partial charge in [0.2, 0.25) is 0 Å². The van der Waals surface area contributed by atoms with E-state index in [0.717, 1.165) is 42.4 Å². The first kappa shape index (κ1) is 21.4. The molecule has 0 spiro atoms. The van der Waals surface area contributed by atoms with Gasteiger partial charge < -0.3 is 20.6 Å². The van der Waals surface area contributed by atoms with Crippen LogP contribution in [-0.4, -0.2) is 59.3 Å². The minimum Gasteiger partial charge on any atom is -0.475 e. The quantitative estimate of drug-likeness (QED) is 0.723. The summed E-state index contributed by atoms with van der Waals surface area (Å²) in [5, 5.41) is 15.6. The smallest absolute Gasteiger partial charge is 0.475 e. The average molecular weight is 398 g/mol. The Morgan fingerprint density at radius 3 is 2.46 bits per heavy atom. The second-order valence-corrected chi connectivity index (χ2v) is 6.26. The standard InChI is InChI=1S/C16H20N4O.C2HF3O2/c1-20(15-5-8-17-9-6-15)16(21)19-14-3-2-13-11-18-7-4-12(13)10-14;3-2(4,5)1(6)7/h2-4,7,10-11,15,17H,5-6,8-9H2,1H3,(H,19,21);(H,6,7). The van der Waals surface area contributed by atoms with Crippen LogP contribution < -0.4 is 10.6 Å². The lowest BCUT2D eigenvalue weighted by molar-refractivity contribution is -0.192. The number of nitrogens with one attached hydrogen (secondary N) is 2. The Morgan fingerprint density at radius 2 is 1.86 bits per heavy atom. The summed E-state index contributed by atoms with van der Waals surface area (Å²) in [6.45, 7) is 1.95. The van der Waals surface area contributed by atoms with Crippen LogP contribution in [0, 0.1) is 0 Å². The summed E-state index contributed by atoms with van der Waals surface area (Å²) in [5.74, 6) is -2.76. The molecule has 10 heteroatoms. The van der Waals surface area contributed by atoms with Gasteiger partial charge in [0.25, 0.3) is 0 Å². The third kappa shape index (κ3) is 6.08. The van der Waals surface area contributed by atoms with Gasteiger partial charge in [-0.05, 0) is 49.5 Å². The van der Waals surface area contributed by atoms with Gasteiger partial charge in [0, 0.05) is 36.6 Å². The minimum absolute atomic E-state index is 0.0460. The summed E-state index contributed by atoms with van der Waals surface area (Å²) in [6.07, 6.45) is 0.512. The first-order valence-corrected chi connectivity index (χ1v) is 8.57. The summed E-state index contributed by atoms with van der Waals surface area (Å²) in [7, 11) is 1.87. The molecule has 0 radical (unpaired) electrons. The normalized spacial score (nSPS) is 14.7. The molecule has 1 fully saturated rings. The number of carboxylic acid groups (broad SMARTS) is 1. The lowest BCUT2D eigenvalue weighted by atomic mass is 10.1.